The van der Waals surface area contributed by atoms with Crippen LogP contribution in [0.3, 0.4) is 0 Å². The second-order valence-corrected chi connectivity index (χ2v) is 6.36. The van der Waals surface area contributed by atoms with Crippen molar-refractivity contribution in [3.63, 3.8) is 0 Å². The minimum Gasteiger partial charge on any atom is -0.339 e. The van der Waals surface area contributed by atoms with Crippen molar-refractivity contribution in [2.24, 2.45) is 0 Å². The summed E-state index contributed by atoms with van der Waals surface area (Å²) in [6, 6.07) is 7.24. The predicted octanol–water partition coefficient (Wildman–Crippen LogP) is 2.25. The van der Waals surface area contributed by atoms with Crippen LogP contribution < -0.4 is 10.9 Å². The third kappa shape index (κ3) is 4.02. The zero-order valence-corrected chi connectivity index (χ0v) is 13.4. The maximum atomic E-state index is 11.7. The second kappa shape index (κ2) is 7.16. The van der Waals surface area contributed by atoms with Gasteiger partial charge in [0.15, 0.2) is 0 Å². The molecule has 3 rings (SSSR count). The van der Waals surface area contributed by atoms with E-state index in [4.69, 9.17) is 4.52 Å². The van der Waals surface area contributed by atoms with Gasteiger partial charge in [-0.15, -0.1) is 22.7 Å². The van der Waals surface area contributed by atoms with E-state index in [0.717, 1.165) is 4.88 Å². The Morgan fingerprint density at radius 3 is 2.70 bits per heavy atom. The maximum absolute atomic E-state index is 11.7. The van der Waals surface area contributed by atoms with Gasteiger partial charge in [0, 0.05) is 12.8 Å². The summed E-state index contributed by atoms with van der Waals surface area (Å²) < 4.78 is 5.10. The first-order valence-electron chi connectivity index (χ1n) is 6.71. The largest absolute Gasteiger partial charge is 0.339 e. The number of hydrogen-bond acceptors (Lipinski definition) is 7. The van der Waals surface area contributed by atoms with E-state index < -0.39 is 0 Å². The topological polar surface area (TPSA) is 97.1 Å². The summed E-state index contributed by atoms with van der Waals surface area (Å²) in [6.07, 6.45) is 0.440. The lowest BCUT2D eigenvalue weighted by Crippen LogP contribution is -2.41. The molecule has 3 heterocycles. The molecule has 0 saturated carbocycles. The Labute approximate surface area is 139 Å². The minimum atomic E-state index is -0.342. The van der Waals surface area contributed by atoms with Crippen LogP contribution in [0.5, 0.6) is 0 Å². The Balaban J connectivity index is 1.45. The van der Waals surface area contributed by atoms with E-state index in [1.807, 2.05) is 17.5 Å². The molecule has 3 aromatic heterocycles. The molecule has 9 heteroatoms. The molecule has 2 amide bonds. The minimum absolute atomic E-state index is 0.136. The maximum Gasteiger partial charge on any atom is 0.279 e. The van der Waals surface area contributed by atoms with Gasteiger partial charge in [0.25, 0.3) is 5.91 Å². The monoisotopic (exact) mass is 348 g/mol. The zero-order valence-electron chi connectivity index (χ0n) is 11.8. The molecule has 118 valence electrons. The van der Waals surface area contributed by atoms with Crippen molar-refractivity contribution in [1.82, 2.24) is 21.0 Å². The lowest BCUT2D eigenvalue weighted by molar-refractivity contribution is -0.121. The van der Waals surface area contributed by atoms with Crippen LogP contribution in [0.15, 0.2) is 39.5 Å². The molecular formula is C14H12N4O3S2. The molecule has 0 fully saturated rings. The van der Waals surface area contributed by atoms with Crippen LogP contribution in [0.1, 0.15) is 22.0 Å². The molecule has 0 aromatic carbocycles. The normalized spacial score (nSPS) is 10.4. The van der Waals surface area contributed by atoms with Crippen molar-refractivity contribution in [3.8, 4) is 10.7 Å². The lowest BCUT2D eigenvalue weighted by atomic mass is 10.3. The third-order valence-electron chi connectivity index (χ3n) is 2.84. The quantitative estimate of drug-likeness (QED) is 0.689. The van der Waals surface area contributed by atoms with Crippen LogP contribution in [0.2, 0.25) is 0 Å². The Morgan fingerprint density at radius 1 is 1.13 bits per heavy atom. The van der Waals surface area contributed by atoms with Gasteiger partial charge in [-0.1, -0.05) is 17.3 Å². The van der Waals surface area contributed by atoms with E-state index in [2.05, 4.69) is 21.0 Å². The molecule has 0 aliphatic heterocycles. The van der Waals surface area contributed by atoms with Crippen LogP contribution in [0, 0.1) is 0 Å². The number of nitrogens with one attached hydrogen (secondary N) is 2. The summed E-state index contributed by atoms with van der Waals surface area (Å²) in [4.78, 5) is 29.0. The van der Waals surface area contributed by atoms with E-state index in [-0.39, 0.29) is 18.2 Å². The molecule has 0 unspecified atom stereocenters. The molecule has 0 saturated heterocycles. The van der Waals surface area contributed by atoms with Crippen LogP contribution in [-0.4, -0.2) is 22.0 Å². The molecule has 0 spiro atoms. The Bertz CT molecular complexity index is 781. The first-order valence-corrected chi connectivity index (χ1v) is 8.47. The van der Waals surface area contributed by atoms with E-state index in [1.54, 1.807) is 17.5 Å². The molecule has 0 radical (unpaired) electrons. The fourth-order valence-electron chi connectivity index (χ4n) is 1.74. The Kier molecular flexibility index (Phi) is 4.79. The summed E-state index contributed by atoms with van der Waals surface area (Å²) in [5.41, 5.74) is 4.71. The summed E-state index contributed by atoms with van der Waals surface area (Å²) in [5, 5.41) is 7.58. The molecule has 2 N–H and O–H groups in total. The summed E-state index contributed by atoms with van der Waals surface area (Å²) in [6.45, 7) is 0. The Hall–Kier alpha value is -2.52. The van der Waals surface area contributed by atoms with Gasteiger partial charge >= 0.3 is 0 Å². The number of amides is 2. The van der Waals surface area contributed by atoms with Crippen molar-refractivity contribution < 1.29 is 14.1 Å². The molecule has 7 nitrogen and oxygen atoms in total. The van der Waals surface area contributed by atoms with Gasteiger partial charge in [0.05, 0.1) is 9.75 Å². The number of rotatable bonds is 5. The number of aryl methyl sites for hydroxylation is 1. The third-order valence-corrected chi connectivity index (χ3v) is 4.57. The Morgan fingerprint density at radius 2 is 1.96 bits per heavy atom. The van der Waals surface area contributed by atoms with Crippen molar-refractivity contribution in [1.29, 1.82) is 0 Å². The number of nitrogens with zero attached hydrogens (tertiary/aromatic N) is 2. The average molecular weight is 348 g/mol. The van der Waals surface area contributed by atoms with Gasteiger partial charge in [-0.05, 0) is 22.9 Å². The van der Waals surface area contributed by atoms with Crippen molar-refractivity contribution in [2.45, 2.75) is 12.8 Å². The standard InChI is InChI=1S/C14H12N4O3S2/c19-11(16-17-14(20)10-4-2-8-23-10)5-6-12-15-13(18-21-12)9-3-1-7-22-9/h1-4,7-8H,5-6H2,(H,16,19)(H,17,20). The van der Waals surface area contributed by atoms with Gasteiger partial charge in [-0.3, -0.25) is 20.4 Å². The highest BCUT2D eigenvalue weighted by atomic mass is 32.1. The fraction of sp³-hybridized carbons (Fsp3) is 0.143. The highest BCUT2D eigenvalue weighted by Gasteiger charge is 2.12. The molecular weight excluding hydrogens is 336 g/mol. The van der Waals surface area contributed by atoms with Crippen molar-refractivity contribution in [2.75, 3.05) is 0 Å². The highest BCUT2D eigenvalue weighted by Crippen LogP contribution is 2.21. The highest BCUT2D eigenvalue weighted by molar-refractivity contribution is 7.13. The first kappa shape index (κ1) is 15.4. The average Bonchev–Trinajstić information content (AvgIpc) is 3.32. The number of carbonyl (C=O) groups excluding carboxylic acids is 2. The smallest absolute Gasteiger partial charge is 0.279 e. The zero-order chi connectivity index (χ0) is 16.1. The van der Waals surface area contributed by atoms with Crippen molar-refractivity contribution in [3.05, 3.63) is 45.8 Å². The van der Waals surface area contributed by atoms with Gasteiger partial charge in [0.1, 0.15) is 0 Å². The summed E-state index contributed by atoms with van der Waals surface area (Å²) >= 11 is 2.81. The van der Waals surface area contributed by atoms with Crippen LogP contribution in [0.25, 0.3) is 10.7 Å². The number of hydrogen-bond donors (Lipinski definition) is 2. The fourth-order valence-corrected chi connectivity index (χ4v) is 3.01. The van der Waals surface area contributed by atoms with E-state index in [9.17, 15) is 9.59 Å². The van der Waals surface area contributed by atoms with Crippen LogP contribution >= 0.6 is 22.7 Å². The lowest BCUT2D eigenvalue weighted by Gasteiger charge is -2.04. The van der Waals surface area contributed by atoms with Gasteiger partial charge in [0.2, 0.25) is 17.6 Å². The molecule has 3 aromatic rings. The second-order valence-electron chi connectivity index (χ2n) is 4.47. The van der Waals surface area contributed by atoms with E-state index >= 15 is 0 Å². The van der Waals surface area contributed by atoms with Gasteiger partial charge in [-0.2, -0.15) is 4.98 Å². The number of thiophene rings is 2. The number of hydrazine groups is 1. The summed E-state index contributed by atoms with van der Waals surface area (Å²) in [5.74, 6) is 0.228. The van der Waals surface area contributed by atoms with Crippen molar-refractivity contribution >= 4 is 34.5 Å². The first-order chi connectivity index (χ1) is 11.2. The molecule has 23 heavy (non-hydrogen) atoms. The molecule has 0 bridgehead atoms. The molecule has 0 aliphatic carbocycles. The van der Waals surface area contributed by atoms with Crippen LogP contribution in [-0.2, 0) is 11.2 Å². The SMILES string of the molecule is O=C(CCc1nc(-c2cccs2)no1)NNC(=O)c1cccs1. The number of aromatic nitrogens is 2. The summed E-state index contributed by atoms with van der Waals surface area (Å²) in [7, 11) is 0. The molecule has 0 atom stereocenters. The number of carbonyl (C=O) groups is 2. The predicted molar refractivity (Wildman–Crippen MR) is 85.9 cm³/mol. The van der Waals surface area contributed by atoms with E-state index in [0.29, 0.717) is 23.0 Å². The van der Waals surface area contributed by atoms with Crippen LogP contribution in [0.4, 0.5) is 0 Å². The van der Waals surface area contributed by atoms with Gasteiger partial charge < -0.3 is 4.52 Å². The molecule has 0 aliphatic rings. The van der Waals surface area contributed by atoms with Gasteiger partial charge in [-0.25, -0.2) is 0 Å². The van der Waals surface area contributed by atoms with E-state index in [1.165, 1.54) is 22.7 Å².